The van der Waals surface area contributed by atoms with E-state index in [1.165, 1.54) is 9.89 Å². The summed E-state index contributed by atoms with van der Waals surface area (Å²) in [6, 6.07) is 6.79. The van der Waals surface area contributed by atoms with Crippen LogP contribution in [-0.2, 0) is 0 Å². The molecule has 19 heavy (non-hydrogen) atoms. The van der Waals surface area contributed by atoms with Crippen molar-refractivity contribution in [2.24, 2.45) is 0 Å². The quantitative estimate of drug-likeness (QED) is 0.612. The number of amides is 2. The van der Waals surface area contributed by atoms with Gasteiger partial charge in [-0.25, -0.2) is 4.39 Å². The summed E-state index contributed by atoms with van der Waals surface area (Å²) in [4.78, 5) is 26.5. The molecule has 1 heterocycles. The zero-order chi connectivity index (χ0) is 13.8. The molecule has 1 aromatic carbocycles. The first-order valence-corrected chi connectivity index (χ1v) is 6.96. The summed E-state index contributed by atoms with van der Waals surface area (Å²) in [5.41, 5.74) is 0.915. The van der Waals surface area contributed by atoms with Crippen molar-refractivity contribution in [3.63, 3.8) is 0 Å². The highest BCUT2D eigenvalue weighted by molar-refractivity contribution is 9.11. The van der Waals surface area contributed by atoms with E-state index < -0.39 is 0 Å². The molecule has 1 aliphatic rings. The van der Waals surface area contributed by atoms with Crippen LogP contribution in [0.2, 0.25) is 0 Å². The van der Waals surface area contributed by atoms with E-state index >= 15 is 0 Å². The van der Waals surface area contributed by atoms with Crippen molar-refractivity contribution in [3.05, 3.63) is 46.2 Å². The van der Waals surface area contributed by atoms with E-state index in [4.69, 9.17) is 0 Å². The summed E-state index contributed by atoms with van der Waals surface area (Å²) >= 11 is 2.92. The van der Waals surface area contributed by atoms with Gasteiger partial charge in [0.1, 0.15) is 5.83 Å². The maximum absolute atomic E-state index is 12.9. The molecule has 1 aliphatic heterocycles. The van der Waals surface area contributed by atoms with Gasteiger partial charge in [-0.15, -0.1) is 0 Å². The molecular formula is C14H13BrFNO2. The molecule has 5 heteroatoms. The number of carbonyl (C=O) groups excluding carboxylic acids is 2. The van der Waals surface area contributed by atoms with E-state index in [2.05, 4.69) is 15.9 Å². The van der Waals surface area contributed by atoms with Crippen molar-refractivity contribution < 1.29 is 14.0 Å². The molecule has 2 amide bonds. The summed E-state index contributed by atoms with van der Waals surface area (Å²) < 4.78 is 12.9. The van der Waals surface area contributed by atoms with Crippen molar-refractivity contribution >= 4 is 27.7 Å². The molecule has 0 radical (unpaired) electrons. The Morgan fingerprint density at radius 2 is 1.74 bits per heavy atom. The molecule has 0 spiro atoms. The lowest BCUT2D eigenvalue weighted by Crippen LogP contribution is -2.30. The fraction of sp³-hybridized carbons (Fsp3) is 0.286. The van der Waals surface area contributed by atoms with Crippen LogP contribution in [0, 0.1) is 0 Å². The molecule has 0 aromatic heterocycles. The van der Waals surface area contributed by atoms with Crippen LogP contribution in [-0.4, -0.2) is 23.3 Å². The van der Waals surface area contributed by atoms with Crippen LogP contribution in [0.25, 0.3) is 0 Å². The zero-order valence-electron chi connectivity index (χ0n) is 10.2. The van der Waals surface area contributed by atoms with E-state index in [0.717, 1.165) is 0 Å². The number of imide groups is 1. The van der Waals surface area contributed by atoms with Crippen LogP contribution >= 0.6 is 15.9 Å². The third-order valence-corrected chi connectivity index (χ3v) is 3.54. The van der Waals surface area contributed by atoms with Crippen LogP contribution in [0.15, 0.2) is 35.1 Å². The Morgan fingerprint density at radius 1 is 1.16 bits per heavy atom. The van der Waals surface area contributed by atoms with Crippen LogP contribution in [0.5, 0.6) is 0 Å². The second-order valence-electron chi connectivity index (χ2n) is 4.32. The van der Waals surface area contributed by atoms with E-state index in [1.807, 2.05) is 0 Å². The van der Waals surface area contributed by atoms with Crippen molar-refractivity contribution in [3.8, 4) is 0 Å². The number of halogens is 2. The van der Waals surface area contributed by atoms with E-state index in [1.54, 1.807) is 24.3 Å². The number of nitrogens with zero attached hydrogens (tertiary/aromatic N) is 1. The zero-order valence-corrected chi connectivity index (χ0v) is 11.8. The topological polar surface area (TPSA) is 37.4 Å². The predicted octanol–water partition coefficient (Wildman–Crippen LogP) is 3.66. The number of carbonyl (C=O) groups is 2. The third kappa shape index (κ3) is 2.92. The van der Waals surface area contributed by atoms with E-state index in [-0.39, 0.29) is 17.6 Å². The molecule has 0 fully saturated rings. The smallest absolute Gasteiger partial charge is 0.261 e. The molecule has 0 bridgehead atoms. The van der Waals surface area contributed by atoms with Gasteiger partial charge < -0.3 is 0 Å². The Labute approximate surface area is 119 Å². The number of benzene rings is 1. The first-order chi connectivity index (χ1) is 9.15. The lowest BCUT2D eigenvalue weighted by atomic mass is 10.1. The molecule has 0 saturated carbocycles. The van der Waals surface area contributed by atoms with Gasteiger partial charge >= 0.3 is 0 Å². The minimum atomic E-state index is -0.253. The fourth-order valence-electron chi connectivity index (χ4n) is 2.06. The van der Waals surface area contributed by atoms with Gasteiger partial charge in [-0.05, 0) is 31.4 Å². The van der Waals surface area contributed by atoms with Crippen molar-refractivity contribution in [1.82, 2.24) is 4.90 Å². The van der Waals surface area contributed by atoms with Crippen molar-refractivity contribution in [2.75, 3.05) is 6.54 Å². The van der Waals surface area contributed by atoms with Crippen LogP contribution in [0.1, 0.15) is 40.0 Å². The Bertz CT molecular complexity index is 507. The normalized spacial score (nSPS) is 15.1. The number of allylic oxidation sites excluding steroid dienone is 1. The van der Waals surface area contributed by atoms with Gasteiger partial charge in [0.05, 0.1) is 11.1 Å². The third-order valence-electron chi connectivity index (χ3n) is 3.04. The first kappa shape index (κ1) is 13.9. The molecule has 100 valence electrons. The number of rotatable bonds is 5. The highest BCUT2D eigenvalue weighted by Crippen LogP contribution is 2.23. The summed E-state index contributed by atoms with van der Waals surface area (Å²) in [5, 5.41) is 0. The van der Waals surface area contributed by atoms with Gasteiger partial charge in [0, 0.05) is 11.5 Å². The Hall–Kier alpha value is -1.49. The number of unbranched alkanes of at least 4 members (excludes halogenated alkanes) is 1. The molecule has 1 aromatic rings. The van der Waals surface area contributed by atoms with E-state index in [0.29, 0.717) is 36.9 Å². The highest BCUT2D eigenvalue weighted by Gasteiger charge is 2.34. The summed E-state index contributed by atoms with van der Waals surface area (Å²) in [6.07, 6.45) is 1.51. The Balaban J connectivity index is 1.94. The predicted molar refractivity (Wildman–Crippen MR) is 73.8 cm³/mol. The van der Waals surface area contributed by atoms with Gasteiger partial charge in [-0.2, -0.15) is 0 Å². The molecule has 0 aliphatic carbocycles. The molecule has 0 N–H and O–H groups in total. The maximum Gasteiger partial charge on any atom is 0.261 e. The van der Waals surface area contributed by atoms with Crippen molar-refractivity contribution in [1.29, 1.82) is 0 Å². The van der Waals surface area contributed by atoms with E-state index in [9.17, 15) is 14.0 Å². The van der Waals surface area contributed by atoms with Crippen LogP contribution < -0.4 is 0 Å². The van der Waals surface area contributed by atoms with Gasteiger partial charge in [0.25, 0.3) is 11.8 Å². The standard InChI is InChI=1S/C14H13BrFNO2/c15-9-10(16)5-3-4-8-17-13(18)11-6-1-2-7-12(11)14(17)19/h1-2,6-7,9H,3-5,8H2/b10-9-/i16-1. The van der Waals surface area contributed by atoms with Gasteiger partial charge in [-0.3, -0.25) is 14.5 Å². The second-order valence-corrected chi connectivity index (χ2v) is 4.78. The molecule has 2 rings (SSSR count). The minimum absolute atomic E-state index is 0.234. The fourth-order valence-corrected chi connectivity index (χ4v) is 2.29. The average Bonchev–Trinajstić information content (AvgIpc) is 2.68. The van der Waals surface area contributed by atoms with Crippen LogP contribution in [0.3, 0.4) is 0 Å². The molecular weight excluding hydrogens is 312 g/mol. The summed E-state index contributed by atoms with van der Waals surface area (Å²) in [7, 11) is 0. The maximum atomic E-state index is 12.9. The monoisotopic (exact) mass is 324 g/mol. The van der Waals surface area contributed by atoms with Gasteiger partial charge in [-0.1, -0.05) is 28.1 Å². The minimum Gasteiger partial charge on any atom is -0.274 e. The molecule has 0 saturated heterocycles. The number of fused-ring (bicyclic) bond motifs is 1. The SMILES string of the molecule is O=C1c2ccccc2C(=O)N1CCCC/C([18F])=C/Br. The van der Waals surface area contributed by atoms with Crippen LogP contribution in [0.4, 0.5) is 4.39 Å². The first-order valence-electron chi connectivity index (χ1n) is 6.05. The van der Waals surface area contributed by atoms with Crippen molar-refractivity contribution in [2.45, 2.75) is 19.3 Å². The molecule has 0 unspecified atom stereocenters. The second kappa shape index (κ2) is 6.10. The molecule has 3 nitrogen and oxygen atoms in total. The highest BCUT2D eigenvalue weighted by atomic mass is 79.9. The van der Waals surface area contributed by atoms with Gasteiger partial charge in [0.15, 0.2) is 0 Å². The average molecular weight is 325 g/mol. The Kier molecular flexibility index (Phi) is 4.47. The van der Waals surface area contributed by atoms with Gasteiger partial charge in [0.2, 0.25) is 0 Å². The number of hydrogen-bond donors (Lipinski definition) is 0. The number of hydrogen-bond acceptors (Lipinski definition) is 2. The summed E-state index contributed by atoms with van der Waals surface area (Å²) in [6.45, 7) is 0.335. The lowest BCUT2D eigenvalue weighted by molar-refractivity contribution is 0.0652. The lowest BCUT2D eigenvalue weighted by Gasteiger charge is -2.13. The Morgan fingerprint density at radius 3 is 2.26 bits per heavy atom. The largest absolute Gasteiger partial charge is 0.274 e. The molecule has 0 atom stereocenters. The summed E-state index contributed by atoms with van der Waals surface area (Å²) in [5.74, 6) is -0.739.